The number of benzene rings is 1. The van der Waals surface area contributed by atoms with Crippen LogP contribution >= 0.6 is 0 Å². The molecule has 1 fully saturated rings. The van der Waals surface area contributed by atoms with Crippen LogP contribution in [0.15, 0.2) is 24.3 Å². The molecule has 1 aliphatic heterocycles. The molecule has 0 saturated carbocycles. The number of aliphatic hydroxyl groups excluding tert-OH is 2. The number of carbonyl (C=O) groups is 1. The van der Waals surface area contributed by atoms with Crippen molar-refractivity contribution in [1.29, 1.82) is 0 Å². The minimum atomic E-state index is -0.324. The molecule has 1 saturated heterocycles. The van der Waals surface area contributed by atoms with Crippen molar-refractivity contribution in [2.45, 2.75) is 6.04 Å². The minimum absolute atomic E-state index is 0.129. The first-order valence-corrected chi connectivity index (χ1v) is 6.46. The van der Waals surface area contributed by atoms with Gasteiger partial charge in [-0.3, -0.25) is 4.79 Å². The summed E-state index contributed by atoms with van der Waals surface area (Å²) in [4.78, 5) is 14.2. The number of ether oxygens (including phenoxy) is 1. The number of hydrogen-bond acceptors (Lipinski definition) is 4. The van der Waals surface area contributed by atoms with E-state index in [0.717, 1.165) is 0 Å². The van der Waals surface area contributed by atoms with Crippen LogP contribution in [0.5, 0.6) is 0 Å². The Hall–Kier alpha value is -1.87. The first kappa shape index (κ1) is 14.5. The first-order chi connectivity index (χ1) is 9.77. The van der Waals surface area contributed by atoms with Crippen molar-refractivity contribution in [2.75, 3.05) is 33.0 Å². The van der Waals surface area contributed by atoms with Gasteiger partial charge in [-0.05, 0) is 12.1 Å². The second-order valence-electron chi connectivity index (χ2n) is 4.42. The molecule has 20 heavy (non-hydrogen) atoms. The summed E-state index contributed by atoms with van der Waals surface area (Å²) in [6.07, 6.45) is 0. The number of amides is 1. The van der Waals surface area contributed by atoms with Crippen LogP contribution in [0, 0.1) is 11.8 Å². The van der Waals surface area contributed by atoms with Crippen LogP contribution in [0.25, 0.3) is 0 Å². The topological polar surface area (TPSA) is 70.0 Å². The van der Waals surface area contributed by atoms with Gasteiger partial charge in [0.1, 0.15) is 6.61 Å². The molecule has 1 amide bonds. The third-order valence-electron chi connectivity index (χ3n) is 3.16. The van der Waals surface area contributed by atoms with Gasteiger partial charge in [0, 0.05) is 12.1 Å². The van der Waals surface area contributed by atoms with Gasteiger partial charge in [-0.2, -0.15) is 0 Å². The summed E-state index contributed by atoms with van der Waals surface area (Å²) in [6.45, 7) is 0.876. The van der Waals surface area contributed by atoms with E-state index in [9.17, 15) is 9.90 Å². The zero-order valence-electron chi connectivity index (χ0n) is 11.1. The Morgan fingerprint density at radius 1 is 1.40 bits per heavy atom. The zero-order chi connectivity index (χ0) is 14.4. The molecule has 5 nitrogen and oxygen atoms in total. The lowest BCUT2D eigenvalue weighted by molar-refractivity contribution is -0.0184. The number of nitrogens with zero attached hydrogens (tertiary/aromatic N) is 1. The van der Waals surface area contributed by atoms with Gasteiger partial charge in [0.05, 0.1) is 31.4 Å². The van der Waals surface area contributed by atoms with Crippen LogP contribution in [-0.2, 0) is 4.74 Å². The highest BCUT2D eigenvalue weighted by molar-refractivity contribution is 5.97. The molecule has 1 aromatic carbocycles. The predicted molar refractivity (Wildman–Crippen MR) is 73.1 cm³/mol. The van der Waals surface area contributed by atoms with E-state index in [1.807, 2.05) is 0 Å². The molecule has 0 aromatic heterocycles. The van der Waals surface area contributed by atoms with E-state index in [1.165, 1.54) is 0 Å². The highest BCUT2D eigenvalue weighted by atomic mass is 16.5. The van der Waals surface area contributed by atoms with Crippen molar-refractivity contribution in [3.05, 3.63) is 35.4 Å². The average molecular weight is 275 g/mol. The molecule has 106 valence electrons. The Balaban J connectivity index is 2.28. The third kappa shape index (κ3) is 3.17. The lowest BCUT2D eigenvalue weighted by Gasteiger charge is -2.34. The van der Waals surface area contributed by atoms with Gasteiger partial charge in [-0.1, -0.05) is 24.0 Å². The Bertz CT molecular complexity index is 532. The number of aliphatic hydroxyl groups is 2. The van der Waals surface area contributed by atoms with Crippen LogP contribution < -0.4 is 0 Å². The number of rotatable bonds is 2. The smallest absolute Gasteiger partial charge is 0.255 e. The van der Waals surface area contributed by atoms with Crippen LogP contribution in [0.3, 0.4) is 0 Å². The summed E-state index contributed by atoms with van der Waals surface area (Å²) in [7, 11) is 0. The predicted octanol–water partition coefficient (Wildman–Crippen LogP) is -0.136. The quantitative estimate of drug-likeness (QED) is 0.737. The summed E-state index contributed by atoms with van der Waals surface area (Å²) < 4.78 is 5.27. The van der Waals surface area contributed by atoms with Gasteiger partial charge >= 0.3 is 0 Å². The molecule has 0 aliphatic carbocycles. The van der Waals surface area contributed by atoms with Crippen LogP contribution in [-0.4, -0.2) is 60.0 Å². The van der Waals surface area contributed by atoms with E-state index in [1.54, 1.807) is 29.2 Å². The number of morpholine rings is 1. The highest BCUT2D eigenvalue weighted by Gasteiger charge is 2.28. The molecule has 2 rings (SSSR count). The summed E-state index contributed by atoms with van der Waals surface area (Å²) in [6, 6.07) is 6.68. The summed E-state index contributed by atoms with van der Waals surface area (Å²) in [5.41, 5.74) is 1.06. The molecule has 5 heteroatoms. The molecule has 1 aliphatic rings. The van der Waals surface area contributed by atoms with Crippen molar-refractivity contribution in [3.63, 3.8) is 0 Å². The Morgan fingerprint density at radius 3 is 2.95 bits per heavy atom. The van der Waals surface area contributed by atoms with E-state index in [2.05, 4.69) is 11.8 Å². The van der Waals surface area contributed by atoms with Crippen LogP contribution in [0.2, 0.25) is 0 Å². The maximum atomic E-state index is 12.6. The van der Waals surface area contributed by atoms with Crippen molar-refractivity contribution < 1.29 is 19.7 Å². The monoisotopic (exact) mass is 275 g/mol. The molecule has 0 bridgehead atoms. The molecule has 0 radical (unpaired) electrons. The van der Waals surface area contributed by atoms with E-state index < -0.39 is 0 Å². The minimum Gasteiger partial charge on any atom is -0.394 e. The SMILES string of the molecule is O=C(c1ccccc1C#CCO)N1CCOCC1CO. The summed E-state index contributed by atoms with van der Waals surface area (Å²) >= 11 is 0. The highest BCUT2D eigenvalue weighted by Crippen LogP contribution is 2.15. The van der Waals surface area contributed by atoms with Crippen molar-refractivity contribution in [3.8, 4) is 11.8 Å². The van der Waals surface area contributed by atoms with Crippen molar-refractivity contribution in [2.24, 2.45) is 0 Å². The Morgan fingerprint density at radius 2 is 2.20 bits per heavy atom. The fourth-order valence-electron chi connectivity index (χ4n) is 2.14. The lowest BCUT2D eigenvalue weighted by atomic mass is 10.1. The fraction of sp³-hybridized carbons (Fsp3) is 0.400. The van der Waals surface area contributed by atoms with Gasteiger partial charge in [0.25, 0.3) is 5.91 Å². The second-order valence-corrected chi connectivity index (χ2v) is 4.42. The molecule has 1 aromatic rings. The molecule has 1 heterocycles. The van der Waals surface area contributed by atoms with E-state index >= 15 is 0 Å². The zero-order valence-corrected chi connectivity index (χ0v) is 11.1. The van der Waals surface area contributed by atoms with Gasteiger partial charge in [-0.15, -0.1) is 0 Å². The largest absolute Gasteiger partial charge is 0.394 e. The van der Waals surface area contributed by atoms with E-state index in [-0.39, 0.29) is 25.2 Å². The number of carbonyl (C=O) groups excluding carboxylic acids is 1. The normalized spacial score (nSPS) is 18.3. The third-order valence-corrected chi connectivity index (χ3v) is 3.16. The van der Waals surface area contributed by atoms with Gasteiger partial charge in [0.15, 0.2) is 0 Å². The molecular formula is C15H17NO4. The average Bonchev–Trinajstić information content (AvgIpc) is 2.52. The fourth-order valence-corrected chi connectivity index (χ4v) is 2.14. The Kier molecular flexibility index (Phi) is 5.13. The first-order valence-electron chi connectivity index (χ1n) is 6.46. The Labute approximate surface area is 117 Å². The molecule has 1 unspecified atom stereocenters. The molecule has 2 N–H and O–H groups in total. The molecule has 1 atom stereocenters. The van der Waals surface area contributed by atoms with Crippen molar-refractivity contribution >= 4 is 5.91 Å². The standard InChI is InChI=1S/C15H17NO4/c17-8-3-5-12-4-1-2-6-14(12)15(19)16-7-9-20-11-13(16)10-18/h1-2,4,6,13,17-18H,7-11H2. The van der Waals surface area contributed by atoms with E-state index in [0.29, 0.717) is 30.9 Å². The maximum Gasteiger partial charge on any atom is 0.255 e. The van der Waals surface area contributed by atoms with Crippen LogP contribution in [0.4, 0.5) is 0 Å². The number of hydrogen-bond donors (Lipinski definition) is 2. The maximum absolute atomic E-state index is 12.6. The molecule has 0 spiro atoms. The van der Waals surface area contributed by atoms with Crippen LogP contribution in [0.1, 0.15) is 15.9 Å². The lowest BCUT2D eigenvalue weighted by Crippen LogP contribution is -2.50. The summed E-state index contributed by atoms with van der Waals surface area (Å²) in [5.74, 6) is 5.15. The van der Waals surface area contributed by atoms with Crippen molar-refractivity contribution in [1.82, 2.24) is 4.90 Å². The van der Waals surface area contributed by atoms with E-state index in [4.69, 9.17) is 9.84 Å². The van der Waals surface area contributed by atoms with Gasteiger partial charge in [0.2, 0.25) is 0 Å². The molecular weight excluding hydrogens is 258 g/mol. The second kappa shape index (κ2) is 7.06. The summed E-state index contributed by atoms with van der Waals surface area (Å²) in [5, 5.41) is 18.1. The van der Waals surface area contributed by atoms with Gasteiger partial charge < -0.3 is 19.8 Å². The van der Waals surface area contributed by atoms with Gasteiger partial charge in [-0.25, -0.2) is 0 Å².